The summed E-state index contributed by atoms with van der Waals surface area (Å²) >= 11 is 0. The molecule has 1 aromatic heterocycles. The fourth-order valence-electron chi connectivity index (χ4n) is 3.13. The molecule has 2 heterocycles. The van der Waals surface area contributed by atoms with Gasteiger partial charge in [0.15, 0.2) is 0 Å². The normalized spacial score (nSPS) is 19.7. The third-order valence-electron chi connectivity index (χ3n) is 4.82. The van der Waals surface area contributed by atoms with Gasteiger partial charge in [-0.05, 0) is 51.4 Å². The lowest BCUT2D eigenvalue weighted by atomic mass is 9.85. The maximum atomic E-state index is 6.14. The zero-order valence-corrected chi connectivity index (χ0v) is 13.0. The summed E-state index contributed by atoms with van der Waals surface area (Å²) in [5.41, 5.74) is 7.60. The quantitative estimate of drug-likeness (QED) is 0.889. The molecule has 0 spiro atoms. The average molecular weight is 276 g/mol. The lowest BCUT2D eigenvalue weighted by Gasteiger charge is -2.48. The van der Waals surface area contributed by atoms with Crippen LogP contribution in [0, 0.1) is 0 Å². The summed E-state index contributed by atoms with van der Waals surface area (Å²) in [6, 6.07) is 4.81. The summed E-state index contributed by atoms with van der Waals surface area (Å²) in [4.78, 5) is 9.08. The summed E-state index contributed by atoms with van der Waals surface area (Å²) in [5, 5.41) is 0. The highest BCUT2D eigenvalue weighted by Gasteiger charge is 2.37. The number of pyridine rings is 1. The number of nitrogens with zero attached hydrogens (tertiary/aromatic N) is 3. The van der Waals surface area contributed by atoms with Gasteiger partial charge in [-0.2, -0.15) is 0 Å². The van der Waals surface area contributed by atoms with Gasteiger partial charge in [0, 0.05) is 50.2 Å². The van der Waals surface area contributed by atoms with Crippen LogP contribution >= 0.6 is 0 Å². The highest BCUT2D eigenvalue weighted by atomic mass is 15.2. The summed E-state index contributed by atoms with van der Waals surface area (Å²) < 4.78 is 0. The van der Waals surface area contributed by atoms with E-state index >= 15 is 0 Å². The van der Waals surface area contributed by atoms with Crippen LogP contribution in [0.1, 0.15) is 32.3 Å². The smallest absolute Gasteiger partial charge is 0.0356 e. The van der Waals surface area contributed by atoms with E-state index in [9.17, 15) is 0 Å². The largest absolute Gasteiger partial charge is 0.329 e. The molecule has 0 aliphatic carbocycles. The second kappa shape index (κ2) is 6.66. The molecule has 4 nitrogen and oxygen atoms in total. The van der Waals surface area contributed by atoms with Crippen LogP contribution in [0.25, 0.3) is 0 Å². The van der Waals surface area contributed by atoms with Gasteiger partial charge in [-0.15, -0.1) is 0 Å². The van der Waals surface area contributed by atoms with E-state index in [-0.39, 0.29) is 5.54 Å². The number of aromatic nitrogens is 1. The lowest BCUT2D eigenvalue weighted by Crippen LogP contribution is -2.58. The number of likely N-dealkylation sites (tertiary alicyclic amines) is 1. The van der Waals surface area contributed by atoms with Crippen molar-refractivity contribution < 1.29 is 0 Å². The molecule has 1 aliphatic heterocycles. The van der Waals surface area contributed by atoms with Crippen LogP contribution < -0.4 is 5.73 Å². The first-order valence-electron chi connectivity index (χ1n) is 7.62. The van der Waals surface area contributed by atoms with Gasteiger partial charge in [0.05, 0.1) is 0 Å². The molecule has 0 aromatic carbocycles. The molecule has 0 atom stereocenters. The Kier molecular flexibility index (Phi) is 5.13. The highest BCUT2D eigenvalue weighted by Crippen LogP contribution is 2.29. The molecule has 1 fully saturated rings. The van der Waals surface area contributed by atoms with Crippen molar-refractivity contribution in [2.75, 3.05) is 26.7 Å². The lowest BCUT2D eigenvalue weighted by molar-refractivity contribution is 0.0298. The Balaban J connectivity index is 2.01. The van der Waals surface area contributed by atoms with Crippen molar-refractivity contribution in [2.24, 2.45) is 5.73 Å². The molecular weight excluding hydrogens is 248 g/mol. The fourth-order valence-corrected chi connectivity index (χ4v) is 3.13. The summed E-state index contributed by atoms with van der Waals surface area (Å²) in [6.45, 7) is 8.53. The molecule has 0 saturated carbocycles. The third kappa shape index (κ3) is 3.37. The number of hydrogen-bond acceptors (Lipinski definition) is 4. The summed E-state index contributed by atoms with van der Waals surface area (Å²) in [6.07, 6.45) is 6.03. The Morgan fingerprint density at radius 3 is 2.40 bits per heavy atom. The van der Waals surface area contributed by atoms with E-state index in [2.05, 4.69) is 47.8 Å². The van der Waals surface area contributed by atoms with Crippen LogP contribution in [-0.2, 0) is 6.54 Å². The maximum absolute atomic E-state index is 6.14. The highest BCUT2D eigenvalue weighted by molar-refractivity contribution is 5.10. The van der Waals surface area contributed by atoms with Gasteiger partial charge < -0.3 is 10.6 Å². The van der Waals surface area contributed by atoms with Crippen LogP contribution in [0.15, 0.2) is 24.5 Å². The molecule has 1 aliphatic rings. The van der Waals surface area contributed by atoms with E-state index < -0.39 is 0 Å². The summed E-state index contributed by atoms with van der Waals surface area (Å²) in [5.74, 6) is 0. The van der Waals surface area contributed by atoms with Crippen molar-refractivity contribution in [1.82, 2.24) is 14.8 Å². The first-order chi connectivity index (χ1) is 9.57. The minimum absolute atomic E-state index is 0.147. The Bertz CT molecular complexity index is 396. The molecule has 2 N–H and O–H groups in total. The van der Waals surface area contributed by atoms with E-state index in [4.69, 9.17) is 5.73 Å². The molecule has 20 heavy (non-hydrogen) atoms. The van der Waals surface area contributed by atoms with Crippen molar-refractivity contribution in [3.05, 3.63) is 30.1 Å². The Morgan fingerprint density at radius 2 is 1.90 bits per heavy atom. The standard InChI is InChI=1S/C16H28N4/c1-14(2)20-10-6-16(13-17,7-11-20)19(3)12-15-4-8-18-9-5-15/h4-5,8-9,14H,6-7,10-13,17H2,1-3H3. The second-order valence-corrected chi connectivity index (χ2v) is 6.27. The summed E-state index contributed by atoms with van der Waals surface area (Å²) in [7, 11) is 2.21. The van der Waals surface area contributed by atoms with E-state index in [1.807, 2.05) is 12.4 Å². The van der Waals surface area contributed by atoms with E-state index in [1.54, 1.807) is 0 Å². The monoisotopic (exact) mass is 276 g/mol. The molecule has 0 amide bonds. The zero-order chi connectivity index (χ0) is 14.6. The molecule has 4 heteroatoms. The number of likely N-dealkylation sites (N-methyl/N-ethyl adjacent to an activating group) is 1. The van der Waals surface area contributed by atoms with Crippen molar-refractivity contribution >= 4 is 0 Å². The van der Waals surface area contributed by atoms with Gasteiger partial charge in [0.25, 0.3) is 0 Å². The Labute approximate surface area is 123 Å². The van der Waals surface area contributed by atoms with Crippen LogP contribution in [0.3, 0.4) is 0 Å². The van der Waals surface area contributed by atoms with Gasteiger partial charge in [-0.1, -0.05) is 0 Å². The molecule has 1 saturated heterocycles. The van der Waals surface area contributed by atoms with E-state index in [0.29, 0.717) is 6.04 Å². The number of nitrogens with two attached hydrogens (primary N) is 1. The SMILES string of the molecule is CC(C)N1CCC(CN)(N(C)Cc2ccncc2)CC1. The van der Waals surface area contributed by atoms with Gasteiger partial charge in [0.1, 0.15) is 0 Å². The minimum Gasteiger partial charge on any atom is -0.329 e. The Hall–Kier alpha value is -0.970. The van der Waals surface area contributed by atoms with Gasteiger partial charge in [0.2, 0.25) is 0 Å². The fraction of sp³-hybridized carbons (Fsp3) is 0.688. The van der Waals surface area contributed by atoms with Crippen LogP contribution in [-0.4, -0.2) is 53.0 Å². The average Bonchev–Trinajstić information content (AvgIpc) is 2.48. The number of hydrogen-bond donors (Lipinski definition) is 1. The molecule has 0 unspecified atom stereocenters. The molecule has 112 valence electrons. The molecular formula is C16H28N4. The molecule has 0 radical (unpaired) electrons. The predicted molar refractivity (Wildman–Crippen MR) is 83.4 cm³/mol. The van der Waals surface area contributed by atoms with Crippen molar-refractivity contribution in [3.8, 4) is 0 Å². The Morgan fingerprint density at radius 1 is 1.30 bits per heavy atom. The van der Waals surface area contributed by atoms with Crippen LogP contribution in [0.2, 0.25) is 0 Å². The van der Waals surface area contributed by atoms with Crippen LogP contribution in [0.4, 0.5) is 0 Å². The van der Waals surface area contributed by atoms with E-state index in [1.165, 1.54) is 5.56 Å². The first-order valence-corrected chi connectivity index (χ1v) is 7.62. The minimum atomic E-state index is 0.147. The van der Waals surface area contributed by atoms with E-state index in [0.717, 1.165) is 39.0 Å². The van der Waals surface area contributed by atoms with Crippen molar-refractivity contribution in [2.45, 2.75) is 44.8 Å². The number of rotatable bonds is 5. The topological polar surface area (TPSA) is 45.4 Å². The third-order valence-corrected chi connectivity index (χ3v) is 4.82. The van der Waals surface area contributed by atoms with Gasteiger partial charge >= 0.3 is 0 Å². The van der Waals surface area contributed by atoms with Gasteiger partial charge in [-0.25, -0.2) is 0 Å². The molecule has 1 aromatic rings. The second-order valence-electron chi connectivity index (χ2n) is 6.27. The van der Waals surface area contributed by atoms with Gasteiger partial charge in [-0.3, -0.25) is 9.88 Å². The molecule has 0 bridgehead atoms. The zero-order valence-electron chi connectivity index (χ0n) is 13.0. The first kappa shape index (κ1) is 15.4. The maximum Gasteiger partial charge on any atom is 0.0356 e. The number of piperidine rings is 1. The molecule has 2 rings (SSSR count). The predicted octanol–water partition coefficient (Wildman–Crippen LogP) is 1.72. The van der Waals surface area contributed by atoms with Crippen molar-refractivity contribution in [3.63, 3.8) is 0 Å². The van der Waals surface area contributed by atoms with Crippen molar-refractivity contribution in [1.29, 1.82) is 0 Å². The van der Waals surface area contributed by atoms with Crippen LogP contribution in [0.5, 0.6) is 0 Å².